The molecule has 3 amide bonds. The molecule has 1 heterocycles. The van der Waals surface area contributed by atoms with E-state index in [9.17, 15) is 19.2 Å². The maximum Gasteiger partial charge on any atom is 0.325 e. The quantitative estimate of drug-likeness (QED) is 0.523. The van der Waals surface area contributed by atoms with Crippen molar-refractivity contribution in [2.45, 2.75) is 6.54 Å². The SMILES string of the molecule is O=C(CNC(=O)c1ccco1)NCC(=O)OCC(=O)NCc1ccc(Cl)cc1. The van der Waals surface area contributed by atoms with Crippen LogP contribution in [0.4, 0.5) is 0 Å². The maximum atomic E-state index is 11.7. The van der Waals surface area contributed by atoms with Crippen molar-refractivity contribution in [3.8, 4) is 0 Å². The van der Waals surface area contributed by atoms with E-state index in [1.165, 1.54) is 18.4 Å². The van der Waals surface area contributed by atoms with Crippen LogP contribution in [-0.2, 0) is 25.7 Å². The van der Waals surface area contributed by atoms with E-state index >= 15 is 0 Å². The number of carbonyl (C=O) groups is 4. The number of benzene rings is 1. The normalized spacial score (nSPS) is 10.0. The zero-order valence-electron chi connectivity index (χ0n) is 14.7. The Hall–Kier alpha value is -3.33. The molecule has 2 aromatic rings. The van der Waals surface area contributed by atoms with Gasteiger partial charge in [0.15, 0.2) is 12.4 Å². The highest BCUT2D eigenvalue weighted by molar-refractivity contribution is 6.30. The van der Waals surface area contributed by atoms with Crippen LogP contribution < -0.4 is 16.0 Å². The molecule has 0 atom stereocenters. The molecule has 1 aromatic heterocycles. The molecule has 0 saturated heterocycles. The Labute approximate surface area is 165 Å². The van der Waals surface area contributed by atoms with Gasteiger partial charge >= 0.3 is 5.97 Å². The summed E-state index contributed by atoms with van der Waals surface area (Å²) in [6.45, 7) is -0.981. The topological polar surface area (TPSA) is 127 Å². The number of hydrogen-bond acceptors (Lipinski definition) is 6. The van der Waals surface area contributed by atoms with Crippen LogP contribution >= 0.6 is 11.6 Å². The van der Waals surface area contributed by atoms with Gasteiger partial charge in [0.05, 0.1) is 12.8 Å². The van der Waals surface area contributed by atoms with E-state index in [0.29, 0.717) is 5.02 Å². The second-order valence-corrected chi connectivity index (χ2v) is 5.94. The summed E-state index contributed by atoms with van der Waals surface area (Å²) in [5.74, 6) is -2.35. The van der Waals surface area contributed by atoms with Gasteiger partial charge in [-0.05, 0) is 29.8 Å². The van der Waals surface area contributed by atoms with Crippen molar-refractivity contribution in [1.82, 2.24) is 16.0 Å². The Morgan fingerprint density at radius 3 is 2.36 bits per heavy atom. The van der Waals surface area contributed by atoms with Crippen LogP contribution in [0.1, 0.15) is 16.1 Å². The van der Waals surface area contributed by atoms with Gasteiger partial charge in [0.1, 0.15) is 6.54 Å². The Kier molecular flexibility index (Phi) is 8.04. The number of carbonyl (C=O) groups excluding carboxylic acids is 4. The third kappa shape index (κ3) is 7.50. The van der Waals surface area contributed by atoms with Crippen molar-refractivity contribution in [1.29, 1.82) is 0 Å². The second-order valence-electron chi connectivity index (χ2n) is 5.50. The molecule has 10 heteroatoms. The highest BCUT2D eigenvalue weighted by Gasteiger charge is 2.12. The fourth-order valence-electron chi connectivity index (χ4n) is 1.94. The minimum Gasteiger partial charge on any atom is -0.459 e. The molecule has 28 heavy (non-hydrogen) atoms. The minimum atomic E-state index is -0.785. The average molecular weight is 408 g/mol. The van der Waals surface area contributed by atoms with Crippen LogP contribution in [0.3, 0.4) is 0 Å². The first-order valence-electron chi connectivity index (χ1n) is 8.19. The van der Waals surface area contributed by atoms with Crippen molar-refractivity contribution in [2.75, 3.05) is 19.7 Å². The molecule has 0 aliphatic heterocycles. The summed E-state index contributed by atoms with van der Waals surface area (Å²) in [6, 6.07) is 9.90. The van der Waals surface area contributed by atoms with E-state index < -0.39 is 36.8 Å². The lowest BCUT2D eigenvalue weighted by Gasteiger charge is -2.08. The van der Waals surface area contributed by atoms with Crippen molar-refractivity contribution in [3.05, 3.63) is 59.0 Å². The predicted octanol–water partition coefficient (Wildman–Crippen LogP) is 0.639. The van der Waals surface area contributed by atoms with E-state index in [0.717, 1.165) is 5.56 Å². The number of ether oxygens (including phenoxy) is 1. The van der Waals surface area contributed by atoms with E-state index in [-0.39, 0.29) is 18.8 Å². The lowest BCUT2D eigenvalue weighted by Crippen LogP contribution is -2.40. The van der Waals surface area contributed by atoms with Crippen LogP contribution in [0.15, 0.2) is 47.1 Å². The van der Waals surface area contributed by atoms with Gasteiger partial charge < -0.3 is 25.1 Å². The molecule has 0 bridgehead atoms. The number of rotatable bonds is 9. The highest BCUT2D eigenvalue weighted by Crippen LogP contribution is 2.09. The fourth-order valence-corrected chi connectivity index (χ4v) is 2.07. The zero-order chi connectivity index (χ0) is 20.4. The Balaban J connectivity index is 1.57. The molecule has 9 nitrogen and oxygen atoms in total. The van der Waals surface area contributed by atoms with Gasteiger partial charge in [-0.1, -0.05) is 23.7 Å². The molecule has 0 spiro atoms. The van der Waals surface area contributed by atoms with Gasteiger partial charge in [0, 0.05) is 11.6 Å². The van der Waals surface area contributed by atoms with Crippen LogP contribution in [0.5, 0.6) is 0 Å². The van der Waals surface area contributed by atoms with Gasteiger partial charge in [-0.2, -0.15) is 0 Å². The molecule has 0 aliphatic carbocycles. The summed E-state index contributed by atoms with van der Waals surface area (Å²) in [7, 11) is 0. The van der Waals surface area contributed by atoms with Gasteiger partial charge in [0.2, 0.25) is 5.91 Å². The number of hydrogen-bond donors (Lipinski definition) is 3. The van der Waals surface area contributed by atoms with Crippen LogP contribution in [0, 0.1) is 0 Å². The molecule has 3 N–H and O–H groups in total. The number of amides is 3. The highest BCUT2D eigenvalue weighted by atomic mass is 35.5. The molecule has 0 unspecified atom stereocenters. The Morgan fingerprint density at radius 2 is 1.68 bits per heavy atom. The molecular weight excluding hydrogens is 390 g/mol. The average Bonchev–Trinajstić information content (AvgIpc) is 3.23. The fraction of sp³-hybridized carbons (Fsp3) is 0.222. The summed E-state index contributed by atoms with van der Waals surface area (Å²) in [5, 5.41) is 7.76. The van der Waals surface area contributed by atoms with E-state index in [4.69, 9.17) is 20.8 Å². The standard InChI is InChI=1S/C18H18ClN3O6/c19-13-5-3-12(4-6-13)8-20-16(24)11-28-17(25)10-21-15(23)9-22-18(26)14-2-1-7-27-14/h1-7H,8-11H2,(H,20,24)(H,21,23)(H,22,26). The third-order valence-corrected chi connectivity index (χ3v) is 3.60. The van der Waals surface area contributed by atoms with Crippen LogP contribution in [0.25, 0.3) is 0 Å². The first-order chi connectivity index (χ1) is 13.4. The first kappa shape index (κ1) is 21.0. The summed E-state index contributed by atoms with van der Waals surface area (Å²) < 4.78 is 9.63. The van der Waals surface area contributed by atoms with Gasteiger partial charge in [-0.25, -0.2) is 0 Å². The predicted molar refractivity (Wildman–Crippen MR) is 98.3 cm³/mol. The number of furan rings is 1. The lowest BCUT2D eigenvalue weighted by atomic mass is 10.2. The number of nitrogens with one attached hydrogen (secondary N) is 3. The molecule has 0 aliphatic rings. The van der Waals surface area contributed by atoms with Crippen molar-refractivity contribution < 1.29 is 28.3 Å². The van der Waals surface area contributed by atoms with E-state index in [2.05, 4.69) is 16.0 Å². The minimum absolute atomic E-state index is 0.0665. The van der Waals surface area contributed by atoms with Crippen LogP contribution in [0.2, 0.25) is 5.02 Å². The summed E-state index contributed by atoms with van der Waals surface area (Å²) >= 11 is 5.77. The molecule has 2 rings (SSSR count). The first-order valence-corrected chi connectivity index (χ1v) is 8.57. The summed E-state index contributed by atoms with van der Waals surface area (Å²) in [6.07, 6.45) is 1.33. The molecule has 1 aromatic carbocycles. The summed E-state index contributed by atoms with van der Waals surface area (Å²) in [5.41, 5.74) is 0.841. The molecule has 0 fully saturated rings. The molecular formula is C18H18ClN3O6. The smallest absolute Gasteiger partial charge is 0.325 e. The van der Waals surface area contributed by atoms with E-state index in [1.54, 1.807) is 24.3 Å². The van der Waals surface area contributed by atoms with Gasteiger partial charge in [0.25, 0.3) is 11.8 Å². The largest absolute Gasteiger partial charge is 0.459 e. The molecule has 0 radical (unpaired) electrons. The zero-order valence-corrected chi connectivity index (χ0v) is 15.5. The molecule has 148 valence electrons. The lowest BCUT2D eigenvalue weighted by molar-refractivity contribution is -0.148. The van der Waals surface area contributed by atoms with E-state index in [1.807, 2.05) is 0 Å². The molecule has 0 saturated carbocycles. The monoisotopic (exact) mass is 407 g/mol. The van der Waals surface area contributed by atoms with Gasteiger partial charge in [-0.15, -0.1) is 0 Å². The van der Waals surface area contributed by atoms with Crippen molar-refractivity contribution in [2.24, 2.45) is 0 Å². The van der Waals surface area contributed by atoms with Gasteiger partial charge in [-0.3, -0.25) is 19.2 Å². The third-order valence-electron chi connectivity index (χ3n) is 3.35. The Bertz CT molecular complexity index is 820. The maximum absolute atomic E-state index is 11.7. The summed E-state index contributed by atoms with van der Waals surface area (Å²) in [4.78, 5) is 46.4. The Morgan fingerprint density at radius 1 is 0.929 bits per heavy atom. The van der Waals surface area contributed by atoms with Crippen molar-refractivity contribution >= 4 is 35.3 Å². The van der Waals surface area contributed by atoms with Crippen LogP contribution in [-0.4, -0.2) is 43.4 Å². The number of halogens is 1. The second kappa shape index (κ2) is 10.7. The number of esters is 1. The van der Waals surface area contributed by atoms with Crippen molar-refractivity contribution in [3.63, 3.8) is 0 Å².